The number of nitrogen functional groups attached to an aromatic ring is 1. The second kappa shape index (κ2) is 6.34. The van der Waals surface area contributed by atoms with Crippen molar-refractivity contribution in [2.24, 2.45) is 0 Å². The number of hydrogen-bond donors (Lipinski definition) is 2. The van der Waals surface area contributed by atoms with Gasteiger partial charge in [0.25, 0.3) is 0 Å². The van der Waals surface area contributed by atoms with Crippen molar-refractivity contribution in [3.63, 3.8) is 0 Å². The van der Waals surface area contributed by atoms with Crippen LogP contribution in [0.15, 0.2) is 29.2 Å². The summed E-state index contributed by atoms with van der Waals surface area (Å²) in [6.45, 7) is 2.92. The smallest absolute Gasteiger partial charge is 0.212 e. The van der Waals surface area contributed by atoms with Crippen molar-refractivity contribution < 1.29 is 13.2 Å². The average molecular weight is 316 g/mol. The normalized spacial score (nSPS) is 23.1. The molecule has 0 amide bonds. The first-order chi connectivity index (χ1) is 9.40. The van der Waals surface area contributed by atoms with Gasteiger partial charge in [0.2, 0.25) is 10.0 Å². The number of thioether (sulfide) groups is 1. The summed E-state index contributed by atoms with van der Waals surface area (Å²) in [4.78, 5) is 0.915. The van der Waals surface area contributed by atoms with E-state index in [1.54, 1.807) is 0 Å². The van der Waals surface area contributed by atoms with Crippen LogP contribution in [0.2, 0.25) is 0 Å². The maximum absolute atomic E-state index is 12.1. The van der Waals surface area contributed by atoms with Crippen LogP contribution in [0, 0.1) is 0 Å². The molecule has 112 valence electrons. The van der Waals surface area contributed by atoms with Gasteiger partial charge >= 0.3 is 0 Å². The SMILES string of the molecule is CC1(NS(=O)(=O)CCSc2ccccc2N)CCOC1. The molecule has 0 saturated carbocycles. The van der Waals surface area contributed by atoms with E-state index in [1.165, 1.54) is 11.8 Å². The fraction of sp³-hybridized carbons (Fsp3) is 0.538. The molecule has 1 unspecified atom stereocenters. The molecule has 0 bridgehead atoms. The molecule has 1 atom stereocenters. The molecule has 5 nitrogen and oxygen atoms in total. The summed E-state index contributed by atoms with van der Waals surface area (Å²) in [7, 11) is -3.30. The molecule has 1 saturated heterocycles. The van der Waals surface area contributed by atoms with E-state index in [9.17, 15) is 8.42 Å². The zero-order chi connectivity index (χ0) is 14.6. The fourth-order valence-electron chi connectivity index (χ4n) is 2.05. The van der Waals surface area contributed by atoms with Crippen LogP contribution in [-0.4, -0.2) is 38.7 Å². The minimum absolute atomic E-state index is 0.0710. The molecule has 1 heterocycles. The van der Waals surface area contributed by atoms with Gasteiger partial charge in [-0.1, -0.05) is 12.1 Å². The van der Waals surface area contributed by atoms with Crippen LogP contribution in [0.5, 0.6) is 0 Å². The van der Waals surface area contributed by atoms with Crippen LogP contribution in [0.3, 0.4) is 0 Å². The summed E-state index contributed by atoms with van der Waals surface area (Å²) in [5, 5.41) is 0. The van der Waals surface area contributed by atoms with Crippen molar-refractivity contribution >= 4 is 27.5 Å². The monoisotopic (exact) mass is 316 g/mol. The molecule has 20 heavy (non-hydrogen) atoms. The Bertz CT molecular complexity index is 554. The summed E-state index contributed by atoms with van der Waals surface area (Å²) in [5.74, 6) is 0.544. The number of nitrogens with one attached hydrogen (secondary N) is 1. The molecule has 1 aliphatic rings. The topological polar surface area (TPSA) is 81.4 Å². The maximum atomic E-state index is 12.1. The second-order valence-electron chi connectivity index (χ2n) is 5.17. The highest BCUT2D eigenvalue weighted by Gasteiger charge is 2.33. The first-order valence-corrected chi connectivity index (χ1v) is 9.11. The molecule has 0 spiro atoms. The highest BCUT2D eigenvalue weighted by Crippen LogP contribution is 2.25. The number of para-hydroxylation sites is 1. The summed E-state index contributed by atoms with van der Waals surface area (Å²) in [6.07, 6.45) is 0.713. The van der Waals surface area contributed by atoms with E-state index in [2.05, 4.69) is 4.72 Å². The van der Waals surface area contributed by atoms with Crippen LogP contribution in [-0.2, 0) is 14.8 Å². The molecule has 2 rings (SSSR count). The van der Waals surface area contributed by atoms with E-state index in [-0.39, 0.29) is 5.75 Å². The summed E-state index contributed by atoms with van der Waals surface area (Å²) < 4.78 is 32.1. The maximum Gasteiger partial charge on any atom is 0.212 e. The minimum atomic E-state index is -3.30. The van der Waals surface area contributed by atoms with E-state index < -0.39 is 15.6 Å². The Labute approximate surface area is 124 Å². The molecule has 1 aliphatic heterocycles. The van der Waals surface area contributed by atoms with Gasteiger partial charge in [-0.25, -0.2) is 13.1 Å². The van der Waals surface area contributed by atoms with E-state index in [4.69, 9.17) is 10.5 Å². The number of hydrogen-bond acceptors (Lipinski definition) is 5. The molecule has 0 aromatic heterocycles. The summed E-state index contributed by atoms with van der Waals surface area (Å²) >= 11 is 1.46. The van der Waals surface area contributed by atoms with Crippen LogP contribution in [0.1, 0.15) is 13.3 Å². The number of nitrogens with two attached hydrogens (primary N) is 1. The molecule has 1 fully saturated rings. The van der Waals surface area contributed by atoms with E-state index in [1.807, 2.05) is 31.2 Å². The number of sulfonamides is 1. The predicted molar refractivity (Wildman–Crippen MR) is 82.3 cm³/mol. The summed E-state index contributed by atoms with van der Waals surface area (Å²) in [5.41, 5.74) is 6.04. The van der Waals surface area contributed by atoms with Gasteiger partial charge in [-0.05, 0) is 25.5 Å². The molecule has 7 heteroatoms. The number of rotatable bonds is 6. The van der Waals surface area contributed by atoms with E-state index in [0.717, 1.165) is 4.90 Å². The van der Waals surface area contributed by atoms with Gasteiger partial charge < -0.3 is 10.5 Å². The lowest BCUT2D eigenvalue weighted by Crippen LogP contribution is -2.47. The van der Waals surface area contributed by atoms with Crippen molar-refractivity contribution in [1.82, 2.24) is 4.72 Å². The van der Waals surface area contributed by atoms with Crippen molar-refractivity contribution in [3.8, 4) is 0 Å². The Hall–Kier alpha value is -0.760. The van der Waals surface area contributed by atoms with Gasteiger partial charge in [-0.2, -0.15) is 0 Å². The van der Waals surface area contributed by atoms with Crippen molar-refractivity contribution in [3.05, 3.63) is 24.3 Å². The molecule has 1 aromatic rings. The van der Waals surface area contributed by atoms with Gasteiger partial charge in [0.05, 0.1) is 17.9 Å². The highest BCUT2D eigenvalue weighted by atomic mass is 32.2. The Kier molecular flexibility index (Phi) is 4.95. The number of benzene rings is 1. The minimum Gasteiger partial charge on any atom is -0.398 e. The second-order valence-corrected chi connectivity index (χ2v) is 8.15. The van der Waals surface area contributed by atoms with Crippen molar-refractivity contribution in [2.75, 3.05) is 30.5 Å². The zero-order valence-corrected chi connectivity index (χ0v) is 13.1. The quantitative estimate of drug-likeness (QED) is 0.613. The lowest BCUT2D eigenvalue weighted by Gasteiger charge is -2.23. The standard InChI is InChI=1S/C13H20N2O3S2/c1-13(6-7-18-10-13)15-20(16,17)9-8-19-12-5-3-2-4-11(12)14/h2-5,15H,6-10,14H2,1H3. The third-order valence-corrected chi connectivity index (χ3v) is 6.04. The Morgan fingerprint density at radius 3 is 2.85 bits per heavy atom. The van der Waals surface area contributed by atoms with Gasteiger partial charge in [-0.3, -0.25) is 0 Å². The Morgan fingerprint density at radius 1 is 1.45 bits per heavy atom. The van der Waals surface area contributed by atoms with Gasteiger partial charge in [0.15, 0.2) is 0 Å². The van der Waals surface area contributed by atoms with Crippen LogP contribution in [0.25, 0.3) is 0 Å². The fourth-order valence-corrected chi connectivity index (χ4v) is 4.90. The number of anilines is 1. The van der Waals surface area contributed by atoms with Crippen molar-refractivity contribution in [1.29, 1.82) is 0 Å². The Morgan fingerprint density at radius 2 is 2.20 bits per heavy atom. The van der Waals surface area contributed by atoms with Crippen LogP contribution in [0.4, 0.5) is 5.69 Å². The third kappa shape index (κ3) is 4.37. The first kappa shape index (κ1) is 15.6. The summed E-state index contributed by atoms with van der Waals surface area (Å²) in [6, 6.07) is 7.46. The predicted octanol–water partition coefficient (Wildman–Crippen LogP) is 1.46. The third-order valence-electron chi connectivity index (χ3n) is 3.15. The zero-order valence-electron chi connectivity index (χ0n) is 11.5. The molecular formula is C13H20N2O3S2. The number of ether oxygens (including phenoxy) is 1. The Balaban J connectivity index is 1.85. The van der Waals surface area contributed by atoms with Gasteiger partial charge in [-0.15, -0.1) is 11.8 Å². The van der Waals surface area contributed by atoms with Crippen molar-refractivity contribution in [2.45, 2.75) is 23.8 Å². The van der Waals surface area contributed by atoms with Crippen LogP contribution < -0.4 is 10.5 Å². The van der Waals surface area contributed by atoms with Gasteiger partial charge in [0.1, 0.15) is 0 Å². The lowest BCUT2D eigenvalue weighted by molar-refractivity contribution is 0.178. The van der Waals surface area contributed by atoms with E-state index >= 15 is 0 Å². The molecular weight excluding hydrogens is 296 g/mol. The highest BCUT2D eigenvalue weighted by molar-refractivity contribution is 8.00. The molecule has 1 aromatic carbocycles. The lowest BCUT2D eigenvalue weighted by atomic mass is 10.0. The first-order valence-electron chi connectivity index (χ1n) is 6.47. The molecule has 3 N–H and O–H groups in total. The largest absolute Gasteiger partial charge is 0.398 e. The van der Waals surface area contributed by atoms with E-state index in [0.29, 0.717) is 31.1 Å². The van der Waals surface area contributed by atoms with Gasteiger partial charge in [0, 0.05) is 22.9 Å². The van der Waals surface area contributed by atoms with Crippen LogP contribution >= 0.6 is 11.8 Å². The average Bonchev–Trinajstić information content (AvgIpc) is 2.77. The molecule has 0 radical (unpaired) electrons. The molecule has 0 aliphatic carbocycles.